The number of carbonyl (C=O) groups is 5. The van der Waals surface area contributed by atoms with Crippen LogP contribution in [0.2, 0.25) is 0 Å². The minimum absolute atomic E-state index is 0.0916. The molecule has 3 heterocycles. The van der Waals surface area contributed by atoms with Gasteiger partial charge in [0.15, 0.2) is 0 Å². The average molecular weight is 456 g/mol. The summed E-state index contributed by atoms with van der Waals surface area (Å²) in [7, 11) is 0. The number of esters is 1. The van der Waals surface area contributed by atoms with Crippen LogP contribution in [-0.2, 0) is 25.7 Å². The first-order chi connectivity index (χ1) is 15.5. The molecule has 4 rings (SSSR count). The number of nitrogens with one attached hydrogen (secondary N) is 1. The number of benzene rings is 1. The van der Waals surface area contributed by atoms with Crippen LogP contribution >= 0.6 is 0 Å². The van der Waals surface area contributed by atoms with E-state index in [0.717, 1.165) is 23.6 Å². The lowest BCUT2D eigenvalue weighted by molar-refractivity contribution is -0.161. The molecular formula is C24H29N3O6. The zero-order valence-electron chi connectivity index (χ0n) is 19.2. The molecule has 1 aromatic carbocycles. The lowest BCUT2D eigenvalue weighted by Crippen LogP contribution is -2.54. The van der Waals surface area contributed by atoms with E-state index in [-0.39, 0.29) is 35.9 Å². The van der Waals surface area contributed by atoms with Gasteiger partial charge in [0.05, 0.1) is 17.0 Å². The summed E-state index contributed by atoms with van der Waals surface area (Å²) in [4.78, 5) is 64.9. The van der Waals surface area contributed by atoms with Crippen molar-refractivity contribution in [1.29, 1.82) is 0 Å². The second kappa shape index (κ2) is 8.70. The molecule has 176 valence electrons. The molecule has 0 radical (unpaired) electrons. The van der Waals surface area contributed by atoms with Crippen molar-refractivity contribution >= 4 is 29.6 Å². The molecule has 9 heteroatoms. The summed E-state index contributed by atoms with van der Waals surface area (Å²) in [5.41, 5.74) is 0.947. The first kappa shape index (κ1) is 23.1. The molecule has 0 bridgehead atoms. The largest absolute Gasteiger partial charge is 0.460 e. The van der Waals surface area contributed by atoms with Gasteiger partial charge < -0.3 is 4.74 Å². The fourth-order valence-electron chi connectivity index (χ4n) is 4.59. The fraction of sp³-hybridized carbons (Fsp3) is 0.542. The van der Waals surface area contributed by atoms with E-state index in [2.05, 4.69) is 10.2 Å². The van der Waals surface area contributed by atoms with Crippen LogP contribution in [0.1, 0.15) is 72.7 Å². The third-order valence-electron chi connectivity index (χ3n) is 6.24. The van der Waals surface area contributed by atoms with Crippen LogP contribution in [0.5, 0.6) is 0 Å². The first-order valence-corrected chi connectivity index (χ1v) is 11.3. The van der Waals surface area contributed by atoms with E-state index >= 15 is 0 Å². The van der Waals surface area contributed by atoms with E-state index < -0.39 is 35.3 Å². The monoisotopic (exact) mass is 455 g/mol. The minimum Gasteiger partial charge on any atom is -0.460 e. The van der Waals surface area contributed by atoms with Crippen molar-refractivity contribution in [2.75, 3.05) is 13.1 Å². The number of amides is 4. The normalized spacial score (nSPS) is 22.4. The second-order valence-electron chi connectivity index (χ2n) is 9.91. The fourth-order valence-corrected chi connectivity index (χ4v) is 4.59. The summed E-state index contributed by atoms with van der Waals surface area (Å²) < 4.78 is 5.50. The molecule has 3 aliphatic rings. The van der Waals surface area contributed by atoms with Crippen LogP contribution in [0, 0.1) is 5.92 Å². The zero-order chi connectivity index (χ0) is 23.9. The molecule has 1 N–H and O–H groups in total. The maximum Gasteiger partial charge on any atom is 0.309 e. The maximum absolute atomic E-state index is 13.0. The SMILES string of the molecule is CC(C)(C)OC(=O)C1CCN(Cc2ccc3c(c2)C(=O)N(C2CCC(=O)NC2=O)C3=O)CC1. The number of hydrogen-bond acceptors (Lipinski definition) is 7. The van der Waals surface area contributed by atoms with Gasteiger partial charge in [0, 0.05) is 13.0 Å². The molecule has 4 amide bonds. The summed E-state index contributed by atoms with van der Waals surface area (Å²) >= 11 is 0. The van der Waals surface area contributed by atoms with Crippen molar-refractivity contribution in [2.45, 2.75) is 64.6 Å². The maximum atomic E-state index is 13.0. The molecule has 9 nitrogen and oxygen atoms in total. The quantitative estimate of drug-likeness (QED) is 0.542. The Morgan fingerprint density at radius 1 is 1.03 bits per heavy atom. The molecule has 0 aliphatic carbocycles. The van der Waals surface area contributed by atoms with Crippen molar-refractivity contribution in [3.05, 3.63) is 34.9 Å². The van der Waals surface area contributed by atoms with Crippen molar-refractivity contribution in [3.8, 4) is 0 Å². The van der Waals surface area contributed by atoms with E-state index in [1.165, 1.54) is 0 Å². The first-order valence-electron chi connectivity index (χ1n) is 11.3. The van der Waals surface area contributed by atoms with Crippen LogP contribution in [0.25, 0.3) is 0 Å². The number of carbonyl (C=O) groups excluding carboxylic acids is 5. The van der Waals surface area contributed by atoms with Crippen LogP contribution in [0.15, 0.2) is 18.2 Å². The molecule has 2 saturated heterocycles. The van der Waals surface area contributed by atoms with Gasteiger partial charge in [0.2, 0.25) is 11.8 Å². The summed E-state index contributed by atoms with van der Waals surface area (Å²) in [5.74, 6) is -2.29. The highest BCUT2D eigenvalue weighted by Gasteiger charge is 2.44. The standard InChI is InChI=1S/C24H29N3O6/c1-24(2,3)33-23(32)15-8-10-26(11-9-15)13-14-4-5-16-17(12-14)22(31)27(21(16)30)18-6-7-19(28)25-20(18)29/h4-5,12,15,18H,6-11,13H2,1-3H3,(H,25,28,29). The Bertz CT molecular complexity index is 1020. The topological polar surface area (TPSA) is 113 Å². The van der Waals surface area contributed by atoms with E-state index in [1.54, 1.807) is 12.1 Å². The van der Waals surface area contributed by atoms with Crippen molar-refractivity contribution in [3.63, 3.8) is 0 Å². The summed E-state index contributed by atoms with van der Waals surface area (Å²) in [6.45, 7) is 7.64. The summed E-state index contributed by atoms with van der Waals surface area (Å²) in [5, 5.41) is 2.20. The van der Waals surface area contributed by atoms with Crippen molar-refractivity contribution in [2.24, 2.45) is 5.92 Å². The Morgan fingerprint density at radius 2 is 1.70 bits per heavy atom. The summed E-state index contributed by atoms with van der Waals surface area (Å²) in [6, 6.07) is 4.19. The Morgan fingerprint density at radius 3 is 2.33 bits per heavy atom. The van der Waals surface area contributed by atoms with Crippen LogP contribution in [0.4, 0.5) is 0 Å². The average Bonchev–Trinajstić information content (AvgIpc) is 2.97. The number of imide groups is 2. The molecule has 0 aromatic heterocycles. The van der Waals surface area contributed by atoms with Crippen LogP contribution in [-0.4, -0.2) is 64.1 Å². The highest BCUT2D eigenvalue weighted by molar-refractivity contribution is 6.23. The molecule has 1 unspecified atom stereocenters. The Balaban J connectivity index is 1.39. The third kappa shape index (κ3) is 4.83. The van der Waals surface area contributed by atoms with Gasteiger partial charge >= 0.3 is 5.97 Å². The lowest BCUT2D eigenvalue weighted by atomic mass is 9.96. The Kier molecular flexibility index (Phi) is 6.09. The molecule has 1 aromatic rings. The second-order valence-corrected chi connectivity index (χ2v) is 9.91. The predicted molar refractivity (Wildman–Crippen MR) is 117 cm³/mol. The van der Waals surface area contributed by atoms with Gasteiger partial charge in [0.25, 0.3) is 11.8 Å². The molecule has 3 aliphatic heterocycles. The predicted octanol–water partition coefficient (Wildman–Crippen LogP) is 1.64. The highest BCUT2D eigenvalue weighted by Crippen LogP contribution is 2.29. The molecular weight excluding hydrogens is 426 g/mol. The Labute approximate surface area is 192 Å². The van der Waals surface area contributed by atoms with E-state index in [0.29, 0.717) is 19.4 Å². The Hall–Kier alpha value is -3.07. The number of rotatable bonds is 4. The van der Waals surface area contributed by atoms with Gasteiger partial charge in [-0.1, -0.05) is 6.07 Å². The molecule has 0 spiro atoms. The van der Waals surface area contributed by atoms with E-state index in [4.69, 9.17) is 4.74 Å². The smallest absolute Gasteiger partial charge is 0.309 e. The van der Waals surface area contributed by atoms with Gasteiger partial charge in [-0.2, -0.15) is 0 Å². The third-order valence-corrected chi connectivity index (χ3v) is 6.24. The van der Waals surface area contributed by atoms with Gasteiger partial charge in [-0.3, -0.25) is 39.1 Å². The van der Waals surface area contributed by atoms with Gasteiger partial charge in [-0.15, -0.1) is 0 Å². The van der Waals surface area contributed by atoms with Gasteiger partial charge in [0.1, 0.15) is 11.6 Å². The number of hydrogen-bond donors (Lipinski definition) is 1. The number of piperidine rings is 2. The van der Waals surface area contributed by atoms with E-state index in [1.807, 2.05) is 26.8 Å². The van der Waals surface area contributed by atoms with Crippen LogP contribution in [0.3, 0.4) is 0 Å². The summed E-state index contributed by atoms with van der Waals surface area (Å²) in [6.07, 6.45) is 1.64. The number of fused-ring (bicyclic) bond motifs is 1. The van der Waals surface area contributed by atoms with Crippen molar-refractivity contribution in [1.82, 2.24) is 15.1 Å². The minimum atomic E-state index is -0.967. The van der Waals surface area contributed by atoms with E-state index in [9.17, 15) is 24.0 Å². The van der Waals surface area contributed by atoms with Gasteiger partial charge in [-0.25, -0.2) is 0 Å². The molecule has 2 fully saturated rings. The van der Waals surface area contributed by atoms with Crippen LogP contribution < -0.4 is 5.32 Å². The number of likely N-dealkylation sites (tertiary alicyclic amines) is 1. The molecule has 0 saturated carbocycles. The zero-order valence-corrected chi connectivity index (χ0v) is 19.2. The lowest BCUT2D eigenvalue weighted by Gasteiger charge is -2.32. The number of nitrogens with zero attached hydrogens (tertiary/aromatic N) is 2. The van der Waals surface area contributed by atoms with Crippen molar-refractivity contribution < 1.29 is 28.7 Å². The number of ether oxygens (including phenoxy) is 1. The highest BCUT2D eigenvalue weighted by atomic mass is 16.6. The molecule has 1 atom stereocenters. The molecule has 33 heavy (non-hydrogen) atoms. The van der Waals surface area contributed by atoms with Gasteiger partial charge in [-0.05, 0) is 70.8 Å².